The number of hydrogen-bond donors (Lipinski definition) is 2. The average molecular weight is 391 g/mol. The number of aromatic nitrogens is 1. The van der Waals surface area contributed by atoms with Gasteiger partial charge in [0, 0.05) is 10.8 Å². The topological polar surface area (TPSA) is 83.2 Å². The number of phenols is 2. The largest absolute Gasteiger partial charge is 0.504 e. The first kappa shape index (κ1) is 17.8. The summed E-state index contributed by atoms with van der Waals surface area (Å²) in [6.07, 6.45) is 3.30. The van der Waals surface area contributed by atoms with E-state index in [2.05, 4.69) is 16.7 Å². The van der Waals surface area contributed by atoms with Crippen LogP contribution in [0, 0.1) is 0 Å². The summed E-state index contributed by atoms with van der Waals surface area (Å²) in [6.45, 7) is 4.17. The van der Waals surface area contributed by atoms with E-state index < -0.39 is 0 Å². The van der Waals surface area contributed by atoms with Gasteiger partial charge >= 0.3 is 0 Å². The third kappa shape index (κ3) is 3.47. The molecule has 4 aromatic rings. The van der Waals surface area contributed by atoms with Gasteiger partial charge in [-0.2, -0.15) is 5.10 Å². The SMILES string of the molecule is C=CCN=c1scc(-c2cc3ccccc3o2)n1N=Cc1ccc(O)c(O)c1. The molecule has 0 fully saturated rings. The monoisotopic (exact) mass is 391 g/mol. The molecule has 0 atom stereocenters. The molecule has 2 heterocycles. The smallest absolute Gasteiger partial charge is 0.206 e. The molecule has 0 aliphatic heterocycles. The fraction of sp³-hybridized carbons (Fsp3) is 0.0476. The van der Waals surface area contributed by atoms with Gasteiger partial charge in [-0.3, -0.25) is 4.99 Å². The molecular weight excluding hydrogens is 374 g/mol. The lowest BCUT2D eigenvalue weighted by molar-refractivity contribution is 0.403. The van der Waals surface area contributed by atoms with Crippen LogP contribution < -0.4 is 4.80 Å². The molecule has 2 N–H and O–H groups in total. The lowest BCUT2D eigenvalue weighted by Crippen LogP contribution is -2.12. The summed E-state index contributed by atoms with van der Waals surface area (Å²) in [7, 11) is 0. The first-order valence-corrected chi connectivity index (χ1v) is 9.41. The molecule has 0 saturated heterocycles. The number of thiazole rings is 1. The zero-order chi connectivity index (χ0) is 19.5. The Hall–Kier alpha value is -3.58. The van der Waals surface area contributed by atoms with E-state index in [4.69, 9.17) is 4.42 Å². The lowest BCUT2D eigenvalue weighted by Gasteiger charge is -2.01. The fourth-order valence-corrected chi connectivity index (χ4v) is 3.51. The van der Waals surface area contributed by atoms with Gasteiger partial charge < -0.3 is 14.6 Å². The van der Waals surface area contributed by atoms with Crippen LogP contribution in [0.4, 0.5) is 0 Å². The van der Waals surface area contributed by atoms with E-state index in [1.54, 1.807) is 23.0 Å². The van der Waals surface area contributed by atoms with E-state index >= 15 is 0 Å². The molecule has 0 saturated carbocycles. The van der Waals surface area contributed by atoms with Crippen molar-refractivity contribution in [3.63, 3.8) is 0 Å². The summed E-state index contributed by atoms with van der Waals surface area (Å²) >= 11 is 1.45. The van der Waals surface area contributed by atoms with Gasteiger partial charge in [0.2, 0.25) is 4.80 Å². The van der Waals surface area contributed by atoms with Crippen LogP contribution in [0.1, 0.15) is 5.56 Å². The highest BCUT2D eigenvalue weighted by Gasteiger charge is 2.12. The van der Waals surface area contributed by atoms with Crippen molar-refractivity contribution in [2.75, 3.05) is 6.54 Å². The van der Waals surface area contributed by atoms with Crippen molar-refractivity contribution in [3.8, 4) is 23.0 Å². The highest BCUT2D eigenvalue weighted by Crippen LogP contribution is 2.28. The Balaban J connectivity index is 1.81. The number of phenolic OH excluding ortho intramolecular Hbond substituents is 2. The molecule has 140 valence electrons. The Morgan fingerprint density at radius 1 is 1.11 bits per heavy atom. The highest BCUT2D eigenvalue weighted by atomic mass is 32.1. The zero-order valence-corrected chi connectivity index (χ0v) is 15.6. The van der Waals surface area contributed by atoms with Crippen molar-refractivity contribution in [2.45, 2.75) is 0 Å². The van der Waals surface area contributed by atoms with E-state index in [-0.39, 0.29) is 11.5 Å². The Kier molecular flexibility index (Phi) is 4.82. The maximum absolute atomic E-state index is 9.68. The van der Waals surface area contributed by atoms with Crippen LogP contribution in [0.3, 0.4) is 0 Å². The van der Waals surface area contributed by atoms with Gasteiger partial charge in [-0.05, 0) is 35.9 Å². The standard InChI is InChI=1S/C21H17N3O3S/c1-2-9-22-21-24(23-12-14-7-8-17(25)18(26)10-14)16(13-28-21)20-11-15-5-3-4-6-19(15)27-20/h2-8,10-13,25-26H,1,9H2. The molecule has 0 spiro atoms. The van der Waals surface area contributed by atoms with Crippen molar-refractivity contribution in [1.29, 1.82) is 0 Å². The maximum Gasteiger partial charge on any atom is 0.206 e. The predicted molar refractivity (Wildman–Crippen MR) is 111 cm³/mol. The molecule has 0 aliphatic carbocycles. The van der Waals surface area contributed by atoms with Crippen LogP contribution in [-0.2, 0) is 0 Å². The first-order valence-electron chi connectivity index (χ1n) is 8.53. The Bertz CT molecular complexity index is 1210. The normalized spacial score (nSPS) is 12.2. The summed E-state index contributed by atoms with van der Waals surface area (Å²) in [4.78, 5) is 5.18. The van der Waals surface area contributed by atoms with E-state index in [0.29, 0.717) is 22.7 Å². The van der Waals surface area contributed by atoms with E-state index in [1.165, 1.54) is 23.5 Å². The fourth-order valence-electron chi connectivity index (χ4n) is 2.69. The van der Waals surface area contributed by atoms with Crippen LogP contribution >= 0.6 is 11.3 Å². The van der Waals surface area contributed by atoms with Gasteiger partial charge in [0.15, 0.2) is 17.3 Å². The van der Waals surface area contributed by atoms with Crippen LogP contribution in [0.25, 0.3) is 22.4 Å². The van der Waals surface area contributed by atoms with Gasteiger partial charge in [0.05, 0.1) is 12.8 Å². The van der Waals surface area contributed by atoms with Crippen molar-refractivity contribution in [3.05, 3.63) is 76.9 Å². The number of aromatic hydroxyl groups is 2. The second kappa shape index (κ2) is 7.58. The molecule has 4 rings (SSSR count). The number of fused-ring (bicyclic) bond motifs is 1. The molecule has 28 heavy (non-hydrogen) atoms. The molecule has 0 bridgehead atoms. The van der Waals surface area contributed by atoms with Crippen LogP contribution in [0.15, 0.2) is 81.1 Å². The maximum atomic E-state index is 9.68. The van der Waals surface area contributed by atoms with Crippen LogP contribution in [-0.4, -0.2) is 27.6 Å². The first-order chi connectivity index (χ1) is 13.7. The van der Waals surface area contributed by atoms with E-state index in [0.717, 1.165) is 16.7 Å². The molecule has 6 nitrogen and oxygen atoms in total. The molecule has 0 aliphatic rings. The van der Waals surface area contributed by atoms with Crippen LogP contribution in [0.5, 0.6) is 11.5 Å². The number of rotatable bonds is 5. The predicted octanol–water partition coefficient (Wildman–Crippen LogP) is 4.34. The van der Waals surface area contributed by atoms with Crippen molar-refractivity contribution in [2.24, 2.45) is 10.1 Å². The second-order valence-electron chi connectivity index (χ2n) is 5.99. The van der Waals surface area contributed by atoms with E-state index in [1.807, 2.05) is 35.7 Å². The summed E-state index contributed by atoms with van der Waals surface area (Å²) in [5.41, 5.74) is 2.20. The quantitative estimate of drug-likeness (QED) is 0.301. The van der Waals surface area contributed by atoms with Gasteiger partial charge in [0.25, 0.3) is 0 Å². The third-order valence-corrected chi connectivity index (χ3v) is 4.89. The zero-order valence-electron chi connectivity index (χ0n) is 14.8. The highest BCUT2D eigenvalue weighted by molar-refractivity contribution is 7.07. The molecule has 0 radical (unpaired) electrons. The molecule has 2 aromatic carbocycles. The van der Waals surface area contributed by atoms with Gasteiger partial charge in [-0.15, -0.1) is 17.9 Å². The minimum absolute atomic E-state index is 0.176. The Labute approximate surface area is 164 Å². The molecule has 2 aromatic heterocycles. The van der Waals surface area contributed by atoms with Crippen molar-refractivity contribution in [1.82, 2.24) is 4.68 Å². The average Bonchev–Trinajstić information content (AvgIpc) is 3.30. The number of benzene rings is 2. The molecule has 0 unspecified atom stereocenters. The number of para-hydroxylation sites is 1. The number of hydrogen-bond acceptors (Lipinski definition) is 6. The minimum atomic E-state index is -0.201. The second-order valence-corrected chi connectivity index (χ2v) is 6.82. The third-order valence-electron chi connectivity index (χ3n) is 4.04. The summed E-state index contributed by atoms with van der Waals surface area (Å²) in [5.74, 6) is 0.307. The van der Waals surface area contributed by atoms with Gasteiger partial charge in [-0.25, -0.2) is 4.68 Å². The number of furan rings is 1. The summed E-state index contributed by atoms with van der Waals surface area (Å²) in [5, 5.41) is 26.6. The molecule has 0 amide bonds. The summed E-state index contributed by atoms with van der Waals surface area (Å²) < 4.78 is 7.67. The van der Waals surface area contributed by atoms with Crippen molar-refractivity contribution < 1.29 is 14.6 Å². The molecule has 7 heteroatoms. The summed E-state index contributed by atoms with van der Waals surface area (Å²) in [6, 6.07) is 14.3. The lowest BCUT2D eigenvalue weighted by atomic mass is 10.2. The van der Waals surface area contributed by atoms with Gasteiger partial charge in [0.1, 0.15) is 11.3 Å². The minimum Gasteiger partial charge on any atom is -0.504 e. The van der Waals surface area contributed by atoms with Crippen molar-refractivity contribution >= 4 is 28.5 Å². The van der Waals surface area contributed by atoms with Gasteiger partial charge in [-0.1, -0.05) is 24.3 Å². The number of nitrogens with zero attached hydrogens (tertiary/aromatic N) is 3. The van der Waals surface area contributed by atoms with Crippen LogP contribution in [0.2, 0.25) is 0 Å². The molecular formula is C21H17N3O3S. The van der Waals surface area contributed by atoms with E-state index in [9.17, 15) is 10.2 Å². The Morgan fingerprint density at radius 2 is 1.96 bits per heavy atom. The Morgan fingerprint density at radius 3 is 2.75 bits per heavy atom.